The van der Waals surface area contributed by atoms with Crippen LogP contribution in [-0.2, 0) is 36.8 Å². The van der Waals surface area contributed by atoms with Crippen LogP contribution in [0.3, 0.4) is 0 Å². The molecule has 0 bridgehead atoms. The Morgan fingerprint density at radius 1 is 0.566 bits per heavy atom. The lowest BCUT2D eigenvalue weighted by atomic mass is 9.98. The van der Waals surface area contributed by atoms with Gasteiger partial charge in [0.15, 0.2) is 0 Å². The molecule has 0 unspecified atom stereocenters. The van der Waals surface area contributed by atoms with Gasteiger partial charge in [0.25, 0.3) is 5.91 Å². The van der Waals surface area contributed by atoms with Crippen LogP contribution < -0.4 is 32.3 Å². The van der Waals surface area contributed by atoms with Gasteiger partial charge in [-0.25, -0.2) is 0 Å². The molecule has 3 aromatic rings. The van der Waals surface area contributed by atoms with E-state index in [9.17, 15) is 39.0 Å². The van der Waals surface area contributed by atoms with E-state index in [2.05, 4.69) is 26.6 Å². The minimum atomic E-state index is -1.26. The summed E-state index contributed by atoms with van der Waals surface area (Å²) in [5.41, 5.74) is 6.88. The summed E-state index contributed by atoms with van der Waals surface area (Å²) in [4.78, 5) is 79.7. The van der Waals surface area contributed by atoms with Crippen LogP contribution in [-0.4, -0.2) is 75.9 Å². The Hall–Kier alpha value is -5.92. The Labute approximate surface area is 309 Å². The molecule has 9 N–H and O–H groups in total. The molecule has 53 heavy (non-hydrogen) atoms. The van der Waals surface area contributed by atoms with Gasteiger partial charge in [0.05, 0.1) is 0 Å². The molecule has 5 atom stereocenters. The van der Waals surface area contributed by atoms with Gasteiger partial charge in [0, 0.05) is 18.4 Å². The van der Waals surface area contributed by atoms with Gasteiger partial charge in [0.2, 0.25) is 29.5 Å². The highest BCUT2D eigenvalue weighted by atomic mass is 16.3. The fourth-order valence-corrected chi connectivity index (χ4v) is 5.40. The van der Waals surface area contributed by atoms with Crippen LogP contribution in [0.1, 0.15) is 62.5 Å². The van der Waals surface area contributed by atoms with Crippen molar-refractivity contribution >= 4 is 35.4 Å². The Morgan fingerprint density at radius 2 is 1.04 bits per heavy atom. The highest BCUT2D eigenvalue weighted by Crippen LogP contribution is 2.15. The molecule has 3 aromatic carbocycles. The van der Waals surface area contributed by atoms with E-state index >= 15 is 0 Å². The summed E-state index contributed by atoms with van der Waals surface area (Å²) >= 11 is 0. The van der Waals surface area contributed by atoms with Crippen molar-refractivity contribution in [1.82, 2.24) is 26.6 Å². The molecule has 0 heterocycles. The third kappa shape index (κ3) is 13.3. The predicted molar refractivity (Wildman–Crippen MR) is 198 cm³/mol. The molecule has 0 saturated carbocycles. The molecule has 6 amide bonds. The highest BCUT2D eigenvalue weighted by molar-refractivity contribution is 5.99. The Kier molecular flexibility index (Phi) is 15.4. The number of amides is 6. The molecular weight excluding hydrogens is 680 g/mol. The van der Waals surface area contributed by atoms with Crippen LogP contribution in [0.15, 0.2) is 78.9 Å². The van der Waals surface area contributed by atoms with Crippen LogP contribution in [0.4, 0.5) is 0 Å². The van der Waals surface area contributed by atoms with Gasteiger partial charge < -0.3 is 42.5 Å². The predicted octanol–water partition coefficient (Wildman–Crippen LogP) is 1.83. The van der Waals surface area contributed by atoms with Crippen molar-refractivity contribution in [2.24, 2.45) is 17.6 Å². The van der Waals surface area contributed by atoms with E-state index in [4.69, 9.17) is 5.73 Å². The number of primary amides is 1. The molecule has 0 radical (unpaired) electrons. The Balaban J connectivity index is 1.87. The smallest absolute Gasteiger partial charge is 0.251 e. The first-order chi connectivity index (χ1) is 25.0. The Morgan fingerprint density at radius 3 is 1.55 bits per heavy atom. The summed E-state index contributed by atoms with van der Waals surface area (Å²) in [6, 6.07) is 14.9. The maximum Gasteiger partial charge on any atom is 0.251 e. The van der Waals surface area contributed by atoms with Crippen LogP contribution >= 0.6 is 0 Å². The van der Waals surface area contributed by atoms with E-state index in [-0.39, 0.29) is 42.2 Å². The van der Waals surface area contributed by atoms with Gasteiger partial charge in [0.1, 0.15) is 41.7 Å². The maximum atomic E-state index is 14.0. The van der Waals surface area contributed by atoms with Gasteiger partial charge in [-0.1, -0.05) is 70.2 Å². The summed E-state index contributed by atoms with van der Waals surface area (Å²) < 4.78 is 0. The van der Waals surface area contributed by atoms with Gasteiger partial charge in [-0.15, -0.1) is 0 Å². The quantitative estimate of drug-likeness (QED) is 0.0961. The van der Waals surface area contributed by atoms with Crippen LogP contribution in [0.5, 0.6) is 11.5 Å². The lowest BCUT2D eigenvalue weighted by molar-refractivity contribution is -0.135. The summed E-state index contributed by atoms with van der Waals surface area (Å²) in [5, 5.41) is 32.9. The zero-order chi connectivity index (χ0) is 39.2. The number of rotatable bonds is 18. The third-order valence-corrected chi connectivity index (χ3v) is 8.42. The number of phenolic OH excluding ortho intramolecular Hbond substituents is 2. The molecular formula is C39H50N6O8. The van der Waals surface area contributed by atoms with Crippen molar-refractivity contribution in [3.05, 3.63) is 95.6 Å². The number of hydrogen-bond acceptors (Lipinski definition) is 8. The summed E-state index contributed by atoms with van der Waals surface area (Å²) in [7, 11) is 0. The molecule has 0 aliphatic heterocycles. The van der Waals surface area contributed by atoms with Crippen molar-refractivity contribution in [3.63, 3.8) is 0 Å². The fourth-order valence-electron chi connectivity index (χ4n) is 5.40. The van der Waals surface area contributed by atoms with E-state index in [0.717, 1.165) is 5.56 Å². The zero-order valence-electron chi connectivity index (χ0n) is 30.6. The largest absolute Gasteiger partial charge is 0.508 e. The monoisotopic (exact) mass is 730 g/mol. The molecule has 0 aliphatic rings. The molecule has 0 spiro atoms. The molecule has 0 fully saturated rings. The van der Waals surface area contributed by atoms with E-state index in [1.165, 1.54) is 43.3 Å². The van der Waals surface area contributed by atoms with Crippen molar-refractivity contribution in [2.75, 3.05) is 0 Å². The number of hydrogen-bond donors (Lipinski definition) is 8. The fraction of sp³-hybridized carbons (Fsp3) is 0.385. The number of phenols is 2. The number of carbonyl (C=O) groups is 6. The van der Waals surface area contributed by atoms with Crippen LogP contribution in [0.25, 0.3) is 0 Å². The second-order valence-corrected chi connectivity index (χ2v) is 13.7. The van der Waals surface area contributed by atoms with Gasteiger partial charge in [-0.05, 0) is 72.7 Å². The third-order valence-electron chi connectivity index (χ3n) is 8.42. The van der Waals surface area contributed by atoms with Crippen molar-refractivity contribution < 1.29 is 39.0 Å². The minimum absolute atomic E-state index is 0.00186. The SMILES string of the molecule is CC(C)C[C@@H](NC(=O)c1ccc(O)cc1)C(=O)N[C@@H](C(=O)N[C@H](Cc1ccc(O)cc1)C(=O)N[C@H](Cc1ccccc1)C(=O)N[C@H](C)C(N)=O)C(C)C. The molecule has 0 aromatic heterocycles. The summed E-state index contributed by atoms with van der Waals surface area (Å²) in [6.45, 7) is 8.61. The number of benzene rings is 3. The number of nitrogens with one attached hydrogen (secondary N) is 5. The summed E-state index contributed by atoms with van der Waals surface area (Å²) in [5.74, 6) is -4.48. The van der Waals surface area contributed by atoms with E-state index in [0.29, 0.717) is 5.56 Å². The van der Waals surface area contributed by atoms with Gasteiger partial charge >= 0.3 is 0 Å². The molecule has 14 nitrogen and oxygen atoms in total. The van der Waals surface area contributed by atoms with E-state index in [1.807, 2.05) is 13.8 Å². The molecule has 284 valence electrons. The standard InChI is InChI=1S/C39H50N6O8/c1-22(2)19-30(42-35(49)27-13-17-29(47)18-14-27)38(52)45-33(23(3)4)39(53)44-32(21-26-11-15-28(46)16-12-26)37(51)43-31(20-25-9-7-6-8-10-25)36(50)41-24(5)34(40)48/h6-18,22-24,30-33,46-47H,19-21H2,1-5H3,(H2,40,48)(H,41,50)(H,42,49)(H,43,51)(H,44,53)(H,45,52)/t24-,30-,31-,32-,33-/m1/s1. The average Bonchev–Trinajstić information content (AvgIpc) is 3.10. The Bertz CT molecular complexity index is 1710. The van der Waals surface area contributed by atoms with E-state index in [1.54, 1.807) is 56.3 Å². The first-order valence-corrected chi connectivity index (χ1v) is 17.5. The zero-order valence-corrected chi connectivity index (χ0v) is 30.6. The molecule has 3 rings (SSSR count). The lowest BCUT2D eigenvalue weighted by Gasteiger charge is -2.29. The molecule has 14 heteroatoms. The van der Waals surface area contributed by atoms with Crippen LogP contribution in [0, 0.1) is 11.8 Å². The van der Waals surface area contributed by atoms with Crippen molar-refractivity contribution in [2.45, 2.75) is 84.1 Å². The first kappa shape index (κ1) is 41.5. The average molecular weight is 731 g/mol. The number of aromatic hydroxyl groups is 2. The second kappa shape index (κ2) is 19.6. The second-order valence-electron chi connectivity index (χ2n) is 13.7. The number of nitrogens with two attached hydrogens (primary N) is 1. The lowest BCUT2D eigenvalue weighted by Crippen LogP contribution is -2.60. The molecule has 0 saturated heterocycles. The normalized spacial score (nSPS) is 13.9. The van der Waals surface area contributed by atoms with Crippen molar-refractivity contribution in [3.8, 4) is 11.5 Å². The van der Waals surface area contributed by atoms with Crippen LogP contribution in [0.2, 0.25) is 0 Å². The van der Waals surface area contributed by atoms with Crippen molar-refractivity contribution in [1.29, 1.82) is 0 Å². The molecule has 0 aliphatic carbocycles. The maximum absolute atomic E-state index is 14.0. The minimum Gasteiger partial charge on any atom is -0.508 e. The number of carbonyl (C=O) groups excluding carboxylic acids is 6. The topological polar surface area (TPSA) is 229 Å². The van der Waals surface area contributed by atoms with Gasteiger partial charge in [-0.2, -0.15) is 0 Å². The van der Waals surface area contributed by atoms with Gasteiger partial charge in [-0.3, -0.25) is 28.8 Å². The first-order valence-electron chi connectivity index (χ1n) is 17.5. The highest BCUT2D eigenvalue weighted by Gasteiger charge is 2.33. The summed E-state index contributed by atoms with van der Waals surface area (Å²) in [6.07, 6.45) is 0.265. The van der Waals surface area contributed by atoms with E-state index < -0.39 is 71.6 Å².